The standard InChI is InChI=1S/C22H27ClO2/c1-20(2,3)17-12-22(21(4,5)6)16(11-15(17)18(24)19(22)25)13-7-9-14(23)10-8-13/h7-10,12,15-16H,11H2,1-6H3/t15-,16-,22+/m1/s1. The van der Waals surface area contributed by atoms with E-state index in [1.54, 1.807) is 0 Å². The molecular weight excluding hydrogens is 332 g/mol. The first-order chi connectivity index (χ1) is 11.4. The third-order valence-electron chi connectivity index (χ3n) is 6.08. The number of allylic oxidation sites excluding steroid dienone is 2. The van der Waals surface area contributed by atoms with Gasteiger partial charge in [0.25, 0.3) is 0 Å². The van der Waals surface area contributed by atoms with Crippen molar-refractivity contribution in [1.29, 1.82) is 0 Å². The quantitative estimate of drug-likeness (QED) is 0.483. The molecule has 3 heteroatoms. The lowest BCUT2D eigenvalue weighted by atomic mass is 9.44. The molecule has 0 radical (unpaired) electrons. The summed E-state index contributed by atoms with van der Waals surface area (Å²) in [5.41, 5.74) is 0.940. The maximum atomic E-state index is 13.3. The van der Waals surface area contributed by atoms with Gasteiger partial charge in [-0.15, -0.1) is 0 Å². The Balaban J connectivity index is 2.27. The van der Waals surface area contributed by atoms with E-state index in [0.717, 1.165) is 11.1 Å². The zero-order chi connectivity index (χ0) is 18.8. The average molecular weight is 359 g/mol. The van der Waals surface area contributed by atoms with Crippen molar-refractivity contribution in [3.63, 3.8) is 0 Å². The first kappa shape index (κ1) is 18.4. The van der Waals surface area contributed by atoms with Crippen molar-refractivity contribution in [3.8, 4) is 0 Å². The van der Waals surface area contributed by atoms with Crippen molar-refractivity contribution < 1.29 is 9.59 Å². The van der Waals surface area contributed by atoms with Crippen LogP contribution in [-0.4, -0.2) is 11.6 Å². The fourth-order valence-electron chi connectivity index (χ4n) is 4.74. The van der Waals surface area contributed by atoms with Gasteiger partial charge in [0.15, 0.2) is 0 Å². The van der Waals surface area contributed by atoms with Crippen LogP contribution in [0, 0.1) is 22.2 Å². The predicted molar refractivity (Wildman–Crippen MR) is 102 cm³/mol. The van der Waals surface area contributed by atoms with Gasteiger partial charge in [-0.25, -0.2) is 0 Å². The van der Waals surface area contributed by atoms with Crippen molar-refractivity contribution in [1.82, 2.24) is 0 Å². The molecule has 3 atom stereocenters. The second-order valence-electron chi connectivity index (χ2n) is 9.55. The Morgan fingerprint density at radius 3 is 2.04 bits per heavy atom. The van der Waals surface area contributed by atoms with E-state index in [2.05, 4.69) is 47.6 Å². The maximum Gasteiger partial charge on any atom is 0.210 e. The highest BCUT2D eigenvalue weighted by atomic mass is 35.5. The predicted octanol–water partition coefficient (Wildman–Crippen LogP) is 5.60. The minimum Gasteiger partial charge on any atom is -0.290 e. The maximum absolute atomic E-state index is 13.3. The molecule has 0 heterocycles. The third-order valence-corrected chi connectivity index (χ3v) is 6.33. The topological polar surface area (TPSA) is 34.1 Å². The first-order valence-electron chi connectivity index (χ1n) is 8.97. The molecule has 1 aromatic carbocycles. The summed E-state index contributed by atoms with van der Waals surface area (Å²) in [5.74, 6) is -0.708. The summed E-state index contributed by atoms with van der Waals surface area (Å²) < 4.78 is 0. The van der Waals surface area contributed by atoms with E-state index in [9.17, 15) is 9.59 Å². The number of rotatable bonds is 1. The fraction of sp³-hybridized carbons (Fsp3) is 0.545. The Labute approximate surface area is 155 Å². The summed E-state index contributed by atoms with van der Waals surface area (Å²) in [4.78, 5) is 26.2. The molecule has 2 nitrogen and oxygen atoms in total. The molecular formula is C22H27ClO2. The Morgan fingerprint density at radius 2 is 1.56 bits per heavy atom. The molecule has 0 aliphatic heterocycles. The summed E-state index contributed by atoms with van der Waals surface area (Å²) in [6, 6.07) is 7.75. The highest BCUT2D eigenvalue weighted by Crippen LogP contribution is 2.63. The van der Waals surface area contributed by atoms with Gasteiger partial charge in [0.05, 0.1) is 5.41 Å². The van der Waals surface area contributed by atoms with E-state index in [0.29, 0.717) is 11.4 Å². The zero-order valence-electron chi connectivity index (χ0n) is 15.9. The third kappa shape index (κ3) is 2.61. The Kier molecular flexibility index (Phi) is 4.07. The van der Waals surface area contributed by atoms with E-state index >= 15 is 0 Å². The number of hydrogen-bond donors (Lipinski definition) is 0. The number of hydrogen-bond acceptors (Lipinski definition) is 2. The van der Waals surface area contributed by atoms with E-state index in [4.69, 9.17) is 11.6 Å². The van der Waals surface area contributed by atoms with Gasteiger partial charge >= 0.3 is 0 Å². The average Bonchev–Trinajstić information content (AvgIpc) is 2.50. The van der Waals surface area contributed by atoms with Crippen LogP contribution in [0.4, 0.5) is 0 Å². The van der Waals surface area contributed by atoms with Gasteiger partial charge in [-0.1, -0.05) is 76.9 Å². The van der Waals surface area contributed by atoms with Crippen LogP contribution in [0.25, 0.3) is 0 Å². The van der Waals surface area contributed by atoms with Gasteiger partial charge in [-0.3, -0.25) is 9.59 Å². The van der Waals surface area contributed by atoms with Crippen molar-refractivity contribution in [2.75, 3.05) is 0 Å². The lowest BCUT2D eigenvalue weighted by molar-refractivity contribution is -0.153. The highest BCUT2D eigenvalue weighted by molar-refractivity contribution is 6.43. The van der Waals surface area contributed by atoms with Crippen LogP contribution in [0.2, 0.25) is 5.02 Å². The number of ketones is 2. The molecule has 3 aliphatic carbocycles. The number of Topliss-reactive ketones (excluding diaryl/α,β-unsaturated/α-hetero) is 2. The Hall–Kier alpha value is -1.41. The molecule has 25 heavy (non-hydrogen) atoms. The number of carbonyl (C=O) groups is 2. The van der Waals surface area contributed by atoms with Crippen molar-refractivity contribution in [2.24, 2.45) is 22.2 Å². The van der Waals surface area contributed by atoms with Gasteiger partial charge in [-0.05, 0) is 34.9 Å². The van der Waals surface area contributed by atoms with Crippen LogP contribution >= 0.6 is 11.6 Å². The minimum atomic E-state index is -0.796. The van der Waals surface area contributed by atoms with Crippen molar-refractivity contribution >= 4 is 23.2 Å². The molecule has 134 valence electrons. The summed E-state index contributed by atoms with van der Waals surface area (Å²) >= 11 is 6.06. The largest absolute Gasteiger partial charge is 0.290 e. The second kappa shape index (κ2) is 5.54. The molecule has 1 fully saturated rings. The number of halogens is 1. The highest BCUT2D eigenvalue weighted by Gasteiger charge is 2.63. The van der Waals surface area contributed by atoms with Gasteiger partial charge in [0.1, 0.15) is 0 Å². The molecule has 4 rings (SSSR count). The number of carbonyl (C=O) groups excluding carboxylic acids is 2. The van der Waals surface area contributed by atoms with Crippen LogP contribution in [0.1, 0.15) is 59.4 Å². The number of benzene rings is 1. The van der Waals surface area contributed by atoms with E-state index in [-0.39, 0.29) is 34.2 Å². The summed E-state index contributed by atoms with van der Waals surface area (Å²) in [6.07, 6.45) is 2.86. The van der Waals surface area contributed by atoms with Gasteiger partial charge < -0.3 is 0 Å². The molecule has 0 unspecified atom stereocenters. The lowest BCUT2D eigenvalue weighted by Crippen LogP contribution is -2.59. The smallest absolute Gasteiger partial charge is 0.210 e. The molecule has 2 bridgehead atoms. The molecule has 0 aromatic heterocycles. The van der Waals surface area contributed by atoms with Crippen molar-refractivity contribution in [3.05, 3.63) is 46.5 Å². The van der Waals surface area contributed by atoms with Crippen LogP contribution in [0.15, 0.2) is 35.9 Å². The van der Waals surface area contributed by atoms with E-state index < -0.39 is 5.41 Å². The van der Waals surface area contributed by atoms with E-state index in [1.165, 1.54) is 0 Å². The molecule has 0 saturated heterocycles. The number of fused-ring (bicyclic) bond motifs is 2. The molecule has 1 aromatic rings. The molecule has 0 spiro atoms. The second-order valence-corrected chi connectivity index (χ2v) is 9.99. The van der Waals surface area contributed by atoms with Crippen LogP contribution < -0.4 is 0 Å². The normalized spacial score (nSPS) is 29.8. The Bertz CT molecular complexity index is 759. The van der Waals surface area contributed by atoms with E-state index in [1.807, 2.05) is 24.3 Å². The lowest BCUT2D eigenvalue weighted by Gasteiger charge is -2.56. The van der Waals surface area contributed by atoms with Gasteiger partial charge in [-0.2, -0.15) is 0 Å². The summed E-state index contributed by atoms with van der Waals surface area (Å²) in [7, 11) is 0. The fourth-order valence-corrected chi connectivity index (χ4v) is 4.87. The molecule has 3 aliphatic rings. The minimum absolute atomic E-state index is 0.00562. The van der Waals surface area contributed by atoms with Crippen LogP contribution in [-0.2, 0) is 9.59 Å². The Morgan fingerprint density at radius 1 is 1.00 bits per heavy atom. The SMILES string of the molecule is CC(C)(C)C1=C[C@@]2(C(C)(C)C)C(=O)C(=O)[C@@H]1C[C@@H]2c1ccc(Cl)cc1. The van der Waals surface area contributed by atoms with Crippen LogP contribution in [0.5, 0.6) is 0 Å². The summed E-state index contributed by atoms with van der Waals surface area (Å²) in [6.45, 7) is 12.6. The zero-order valence-corrected chi connectivity index (χ0v) is 16.7. The van der Waals surface area contributed by atoms with Crippen LogP contribution in [0.3, 0.4) is 0 Å². The van der Waals surface area contributed by atoms with Gasteiger partial charge in [0, 0.05) is 16.9 Å². The molecule has 0 N–H and O–H groups in total. The van der Waals surface area contributed by atoms with Crippen molar-refractivity contribution in [2.45, 2.75) is 53.9 Å². The summed E-state index contributed by atoms with van der Waals surface area (Å²) in [5, 5.41) is 0.683. The monoisotopic (exact) mass is 358 g/mol. The molecule has 1 saturated carbocycles. The molecule has 0 amide bonds. The van der Waals surface area contributed by atoms with Gasteiger partial charge in [0.2, 0.25) is 11.6 Å². The first-order valence-corrected chi connectivity index (χ1v) is 9.35.